The summed E-state index contributed by atoms with van der Waals surface area (Å²) in [6.45, 7) is 5.07. The van der Waals surface area contributed by atoms with Crippen molar-refractivity contribution in [2.75, 3.05) is 14.2 Å². The maximum atomic E-state index is 12.0. The minimum absolute atomic E-state index is 0.210. The lowest BCUT2D eigenvalue weighted by atomic mass is 9.78. The zero-order valence-corrected chi connectivity index (χ0v) is 9.71. The monoisotopic (exact) mass is 212 g/mol. The van der Waals surface area contributed by atoms with Crippen molar-refractivity contribution < 1.29 is 19.1 Å². The molecule has 1 aliphatic rings. The van der Waals surface area contributed by atoms with Crippen LogP contribution in [0.15, 0.2) is 11.3 Å². The second-order valence-electron chi connectivity index (χ2n) is 3.94. The van der Waals surface area contributed by atoms with Crippen LogP contribution in [0, 0.1) is 11.3 Å². The number of rotatable bonds is 2. The maximum Gasteiger partial charge on any atom is 0.320 e. The molecule has 15 heavy (non-hydrogen) atoms. The SMILES string of the molecule is COC(=O)[C@@]1(C)C(=O)C(C)=C(OC)[C@@H]1C. The van der Waals surface area contributed by atoms with Crippen molar-refractivity contribution in [3.8, 4) is 0 Å². The van der Waals surface area contributed by atoms with Gasteiger partial charge in [0.15, 0.2) is 5.78 Å². The second-order valence-corrected chi connectivity index (χ2v) is 3.94. The summed E-state index contributed by atoms with van der Waals surface area (Å²) in [5.74, 6) is -0.416. The number of ether oxygens (including phenoxy) is 2. The number of hydrogen-bond donors (Lipinski definition) is 0. The van der Waals surface area contributed by atoms with Crippen LogP contribution in [0.5, 0.6) is 0 Å². The fourth-order valence-corrected chi connectivity index (χ4v) is 2.10. The standard InChI is InChI=1S/C11H16O4/c1-6-8(14-4)7(2)11(3,9(6)12)10(13)15-5/h7H,1-5H3/t7-,11+/m0/s1. The Kier molecular flexibility index (Phi) is 2.88. The van der Waals surface area contributed by atoms with Gasteiger partial charge in [0.05, 0.1) is 14.2 Å². The Balaban J connectivity index is 3.20. The van der Waals surface area contributed by atoms with E-state index in [4.69, 9.17) is 4.74 Å². The van der Waals surface area contributed by atoms with Crippen LogP contribution >= 0.6 is 0 Å². The predicted molar refractivity (Wildman–Crippen MR) is 54.0 cm³/mol. The summed E-state index contributed by atoms with van der Waals surface area (Å²) >= 11 is 0. The first-order valence-electron chi connectivity index (χ1n) is 4.79. The molecule has 4 nitrogen and oxygen atoms in total. The van der Waals surface area contributed by atoms with Gasteiger partial charge in [-0.15, -0.1) is 0 Å². The minimum Gasteiger partial charge on any atom is -0.500 e. The molecule has 0 bridgehead atoms. The molecule has 0 aromatic rings. The van der Waals surface area contributed by atoms with E-state index < -0.39 is 11.4 Å². The second kappa shape index (κ2) is 3.68. The average molecular weight is 212 g/mol. The van der Waals surface area contributed by atoms with Gasteiger partial charge in [-0.2, -0.15) is 0 Å². The van der Waals surface area contributed by atoms with Crippen LogP contribution in [0.2, 0.25) is 0 Å². The molecule has 0 fully saturated rings. The van der Waals surface area contributed by atoms with Gasteiger partial charge in [0.1, 0.15) is 11.2 Å². The molecule has 84 valence electrons. The van der Waals surface area contributed by atoms with E-state index in [1.54, 1.807) is 20.8 Å². The predicted octanol–water partition coefficient (Wildman–Crippen LogP) is 1.30. The molecule has 0 unspecified atom stereocenters. The van der Waals surface area contributed by atoms with E-state index in [1.807, 2.05) is 0 Å². The number of allylic oxidation sites excluding steroid dienone is 2. The Labute approximate surface area is 89.2 Å². The lowest BCUT2D eigenvalue weighted by molar-refractivity contribution is -0.157. The summed E-state index contributed by atoms with van der Waals surface area (Å²) < 4.78 is 9.82. The van der Waals surface area contributed by atoms with Crippen LogP contribution in [0.4, 0.5) is 0 Å². The molecule has 0 saturated carbocycles. The first kappa shape index (κ1) is 11.8. The van der Waals surface area contributed by atoms with Crippen LogP contribution < -0.4 is 0 Å². The lowest BCUT2D eigenvalue weighted by Crippen LogP contribution is -2.39. The highest BCUT2D eigenvalue weighted by atomic mass is 16.5. The van der Waals surface area contributed by atoms with Crippen LogP contribution in [0.1, 0.15) is 20.8 Å². The third-order valence-corrected chi connectivity index (χ3v) is 3.27. The van der Waals surface area contributed by atoms with Gasteiger partial charge in [-0.05, 0) is 13.8 Å². The fraction of sp³-hybridized carbons (Fsp3) is 0.636. The van der Waals surface area contributed by atoms with Crippen molar-refractivity contribution >= 4 is 11.8 Å². The quantitative estimate of drug-likeness (QED) is 0.511. The summed E-state index contributed by atoms with van der Waals surface area (Å²) in [7, 11) is 2.79. The molecule has 0 aromatic carbocycles. The van der Waals surface area contributed by atoms with Gasteiger partial charge in [-0.1, -0.05) is 6.92 Å². The number of methoxy groups -OCH3 is 2. The number of esters is 1. The van der Waals surface area contributed by atoms with Crippen molar-refractivity contribution in [2.45, 2.75) is 20.8 Å². The Morgan fingerprint density at radius 3 is 2.27 bits per heavy atom. The topological polar surface area (TPSA) is 52.6 Å². The molecule has 4 heteroatoms. The summed E-state index contributed by atoms with van der Waals surface area (Å²) in [6.07, 6.45) is 0. The van der Waals surface area contributed by atoms with Gasteiger partial charge in [0.25, 0.3) is 0 Å². The highest BCUT2D eigenvalue weighted by Crippen LogP contribution is 2.44. The molecular formula is C11H16O4. The average Bonchev–Trinajstić information content (AvgIpc) is 2.40. The van der Waals surface area contributed by atoms with Crippen molar-refractivity contribution in [1.29, 1.82) is 0 Å². The number of ketones is 1. The highest BCUT2D eigenvalue weighted by Gasteiger charge is 2.54. The summed E-state index contributed by atoms with van der Waals surface area (Å²) in [4.78, 5) is 23.6. The molecule has 0 heterocycles. The van der Waals surface area contributed by atoms with Gasteiger partial charge in [0.2, 0.25) is 0 Å². The minimum atomic E-state index is -1.13. The van der Waals surface area contributed by atoms with Crippen molar-refractivity contribution in [3.05, 3.63) is 11.3 Å². The first-order valence-corrected chi connectivity index (χ1v) is 4.79. The Bertz CT molecular complexity index is 342. The molecule has 0 amide bonds. The molecule has 0 aliphatic heterocycles. The first-order chi connectivity index (χ1) is 6.91. The van der Waals surface area contributed by atoms with Gasteiger partial charge in [0, 0.05) is 11.5 Å². The molecule has 2 atom stereocenters. The van der Waals surface area contributed by atoms with E-state index >= 15 is 0 Å². The Morgan fingerprint density at radius 1 is 1.40 bits per heavy atom. The van der Waals surface area contributed by atoms with E-state index in [1.165, 1.54) is 14.2 Å². The number of Topliss-reactive ketones (excluding diaryl/α,β-unsaturated/α-hetero) is 1. The zero-order chi connectivity index (χ0) is 11.8. The third kappa shape index (κ3) is 1.35. The number of hydrogen-bond acceptors (Lipinski definition) is 4. The van der Waals surface area contributed by atoms with Gasteiger partial charge in [-0.3, -0.25) is 9.59 Å². The lowest BCUT2D eigenvalue weighted by Gasteiger charge is -2.25. The van der Waals surface area contributed by atoms with Crippen LogP contribution in [0.25, 0.3) is 0 Å². The van der Waals surface area contributed by atoms with Crippen LogP contribution in [0.3, 0.4) is 0 Å². The third-order valence-electron chi connectivity index (χ3n) is 3.27. The number of carbonyl (C=O) groups excluding carboxylic acids is 2. The summed E-state index contributed by atoms with van der Waals surface area (Å²) in [5.41, 5.74) is -0.623. The normalized spacial score (nSPS) is 30.7. The largest absolute Gasteiger partial charge is 0.500 e. The highest BCUT2D eigenvalue weighted by molar-refractivity contribution is 6.14. The van der Waals surface area contributed by atoms with Crippen LogP contribution in [-0.2, 0) is 19.1 Å². The fourth-order valence-electron chi connectivity index (χ4n) is 2.10. The summed E-state index contributed by atoms with van der Waals surface area (Å²) in [5, 5.41) is 0. The van der Waals surface area contributed by atoms with E-state index in [-0.39, 0.29) is 11.7 Å². The van der Waals surface area contributed by atoms with Gasteiger partial charge >= 0.3 is 5.97 Å². The molecule has 0 saturated heterocycles. The zero-order valence-electron chi connectivity index (χ0n) is 9.71. The van der Waals surface area contributed by atoms with E-state index in [0.29, 0.717) is 11.3 Å². The van der Waals surface area contributed by atoms with E-state index in [0.717, 1.165) is 0 Å². The molecule has 0 aromatic heterocycles. The number of carbonyl (C=O) groups is 2. The van der Waals surface area contributed by atoms with E-state index in [9.17, 15) is 9.59 Å². The van der Waals surface area contributed by atoms with Crippen molar-refractivity contribution in [3.63, 3.8) is 0 Å². The molecule has 0 N–H and O–H groups in total. The molecule has 0 spiro atoms. The van der Waals surface area contributed by atoms with Gasteiger partial charge < -0.3 is 9.47 Å². The summed E-state index contributed by atoms with van der Waals surface area (Å²) in [6, 6.07) is 0. The molecule has 1 aliphatic carbocycles. The van der Waals surface area contributed by atoms with Crippen LogP contribution in [-0.4, -0.2) is 26.0 Å². The molecule has 1 rings (SSSR count). The molecular weight excluding hydrogens is 196 g/mol. The smallest absolute Gasteiger partial charge is 0.320 e. The van der Waals surface area contributed by atoms with E-state index in [2.05, 4.69) is 4.74 Å². The van der Waals surface area contributed by atoms with Gasteiger partial charge in [-0.25, -0.2) is 0 Å². The Hall–Kier alpha value is -1.32. The molecule has 0 radical (unpaired) electrons. The maximum absolute atomic E-state index is 12.0. The van der Waals surface area contributed by atoms with Crippen molar-refractivity contribution in [2.24, 2.45) is 11.3 Å². The Morgan fingerprint density at radius 2 is 1.93 bits per heavy atom. The van der Waals surface area contributed by atoms with Crippen molar-refractivity contribution in [1.82, 2.24) is 0 Å².